The van der Waals surface area contributed by atoms with Gasteiger partial charge >= 0.3 is 0 Å². The van der Waals surface area contributed by atoms with Gasteiger partial charge in [-0.25, -0.2) is 4.98 Å². The predicted molar refractivity (Wildman–Crippen MR) is 109 cm³/mol. The van der Waals surface area contributed by atoms with Gasteiger partial charge in [0.1, 0.15) is 11.5 Å². The molecule has 0 spiro atoms. The van der Waals surface area contributed by atoms with Crippen molar-refractivity contribution in [3.8, 4) is 0 Å². The summed E-state index contributed by atoms with van der Waals surface area (Å²) in [6.07, 6.45) is 2.45. The summed E-state index contributed by atoms with van der Waals surface area (Å²) in [5.41, 5.74) is 6.06. The van der Waals surface area contributed by atoms with Crippen LogP contribution in [0.4, 0.5) is 5.82 Å². The van der Waals surface area contributed by atoms with Crippen LogP contribution in [-0.2, 0) is 6.54 Å². The van der Waals surface area contributed by atoms with Gasteiger partial charge in [0.25, 0.3) is 5.91 Å². The van der Waals surface area contributed by atoms with Gasteiger partial charge in [0.05, 0.1) is 0 Å². The van der Waals surface area contributed by atoms with Crippen molar-refractivity contribution in [3.63, 3.8) is 0 Å². The maximum Gasteiger partial charge on any atom is 0.267 e. The third-order valence-corrected chi connectivity index (χ3v) is 5.20. The number of fused-ring (bicyclic) bond motifs is 1. The van der Waals surface area contributed by atoms with E-state index in [0.717, 1.165) is 46.6 Å². The Labute approximate surface area is 159 Å². The van der Waals surface area contributed by atoms with Crippen LogP contribution in [0.15, 0.2) is 30.3 Å². The van der Waals surface area contributed by atoms with Gasteiger partial charge in [0.2, 0.25) is 0 Å². The van der Waals surface area contributed by atoms with Crippen LogP contribution in [0.25, 0.3) is 10.9 Å². The van der Waals surface area contributed by atoms with Gasteiger partial charge in [-0.3, -0.25) is 4.79 Å². The number of pyridine rings is 1. The van der Waals surface area contributed by atoms with Gasteiger partial charge in [-0.05, 0) is 69.0 Å². The number of nitrogens with one attached hydrogen (secondary N) is 2. The molecular formula is C22H26N4O. The van der Waals surface area contributed by atoms with Gasteiger partial charge in [-0.1, -0.05) is 11.6 Å². The summed E-state index contributed by atoms with van der Waals surface area (Å²) in [5, 5.41) is 4.12. The first-order valence-electron chi connectivity index (χ1n) is 9.60. The molecule has 1 saturated heterocycles. The highest BCUT2D eigenvalue weighted by atomic mass is 16.1. The Kier molecular flexibility index (Phi) is 4.60. The number of carbonyl (C=O) groups is 1. The minimum absolute atomic E-state index is 0.0829. The maximum atomic E-state index is 12.6. The largest absolute Gasteiger partial charge is 0.357 e. The Morgan fingerprint density at radius 1 is 1.11 bits per heavy atom. The standard InChI is InChI=1S/C22H26N4O/c1-14-8-15(2)21-18(9-14)12-19(25-21)22(27)23-13-17-10-16(3)24-20(11-17)26-6-4-5-7-26/h8-12,25H,4-7,13H2,1-3H3,(H,23,27). The zero-order valence-electron chi connectivity index (χ0n) is 16.2. The molecule has 1 aromatic carbocycles. The number of rotatable bonds is 4. The highest BCUT2D eigenvalue weighted by Gasteiger charge is 2.15. The number of hydrogen-bond donors (Lipinski definition) is 2. The van der Waals surface area contributed by atoms with Crippen molar-refractivity contribution >= 4 is 22.6 Å². The van der Waals surface area contributed by atoms with Crippen molar-refractivity contribution in [2.24, 2.45) is 0 Å². The molecule has 0 radical (unpaired) electrons. The summed E-state index contributed by atoms with van der Waals surface area (Å²) >= 11 is 0. The summed E-state index contributed by atoms with van der Waals surface area (Å²) in [4.78, 5) is 22.9. The lowest BCUT2D eigenvalue weighted by molar-refractivity contribution is 0.0946. The molecule has 5 heteroatoms. The number of anilines is 1. The Hall–Kier alpha value is -2.82. The Balaban J connectivity index is 1.50. The molecule has 3 heterocycles. The van der Waals surface area contributed by atoms with Crippen molar-refractivity contribution in [2.75, 3.05) is 18.0 Å². The van der Waals surface area contributed by atoms with E-state index >= 15 is 0 Å². The quantitative estimate of drug-likeness (QED) is 0.737. The summed E-state index contributed by atoms with van der Waals surface area (Å²) in [5.74, 6) is 0.939. The molecule has 4 rings (SSSR count). The first kappa shape index (κ1) is 17.6. The van der Waals surface area contributed by atoms with E-state index in [2.05, 4.69) is 52.2 Å². The molecule has 1 fully saturated rings. The fourth-order valence-corrected chi connectivity index (χ4v) is 3.94. The summed E-state index contributed by atoms with van der Waals surface area (Å²) in [6.45, 7) is 8.77. The van der Waals surface area contributed by atoms with Crippen molar-refractivity contribution in [2.45, 2.75) is 40.2 Å². The molecule has 0 saturated carbocycles. The monoisotopic (exact) mass is 362 g/mol. The second kappa shape index (κ2) is 7.06. The minimum Gasteiger partial charge on any atom is -0.357 e. The van der Waals surface area contributed by atoms with Crippen LogP contribution < -0.4 is 10.2 Å². The van der Waals surface area contributed by atoms with E-state index in [1.807, 2.05) is 19.1 Å². The van der Waals surface area contributed by atoms with E-state index in [0.29, 0.717) is 12.2 Å². The van der Waals surface area contributed by atoms with Crippen LogP contribution in [0.3, 0.4) is 0 Å². The van der Waals surface area contributed by atoms with Crippen LogP contribution >= 0.6 is 0 Å². The molecule has 0 bridgehead atoms. The molecule has 2 aromatic heterocycles. The number of amides is 1. The van der Waals surface area contributed by atoms with Gasteiger partial charge in [0.15, 0.2) is 0 Å². The molecule has 5 nitrogen and oxygen atoms in total. The number of H-pyrrole nitrogens is 1. The van der Waals surface area contributed by atoms with Crippen molar-refractivity contribution in [1.82, 2.24) is 15.3 Å². The number of nitrogens with zero attached hydrogens (tertiary/aromatic N) is 2. The molecule has 0 unspecified atom stereocenters. The summed E-state index contributed by atoms with van der Waals surface area (Å²) in [6, 6.07) is 10.3. The zero-order chi connectivity index (χ0) is 19.0. The van der Waals surface area contributed by atoms with E-state index in [4.69, 9.17) is 0 Å². The van der Waals surface area contributed by atoms with E-state index in [-0.39, 0.29) is 5.91 Å². The summed E-state index contributed by atoms with van der Waals surface area (Å²) < 4.78 is 0. The number of aromatic amines is 1. The lowest BCUT2D eigenvalue weighted by Crippen LogP contribution is -2.24. The van der Waals surface area contributed by atoms with Crippen LogP contribution in [-0.4, -0.2) is 29.0 Å². The SMILES string of the molecule is Cc1cc(C)c2[nH]c(C(=O)NCc3cc(C)nc(N4CCCC4)c3)cc2c1. The second-order valence-corrected chi connectivity index (χ2v) is 7.58. The number of hydrogen-bond acceptors (Lipinski definition) is 3. The topological polar surface area (TPSA) is 61.0 Å². The first-order chi connectivity index (χ1) is 13.0. The normalized spacial score (nSPS) is 14.1. The van der Waals surface area contributed by atoms with E-state index in [1.54, 1.807) is 0 Å². The smallest absolute Gasteiger partial charge is 0.267 e. The van der Waals surface area contributed by atoms with Crippen molar-refractivity contribution in [1.29, 1.82) is 0 Å². The Morgan fingerprint density at radius 2 is 1.89 bits per heavy atom. The van der Waals surface area contributed by atoms with E-state index < -0.39 is 0 Å². The molecule has 140 valence electrons. The fourth-order valence-electron chi connectivity index (χ4n) is 3.94. The Morgan fingerprint density at radius 3 is 2.67 bits per heavy atom. The molecule has 1 aliphatic heterocycles. The number of carbonyl (C=O) groups excluding carboxylic acids is 1. The number of aryl methyl sites for hydroxylation is 3. The van der Waals surface area contributed by atoms with Crippen molar-refractivity contribution < 1.29 is 4.79 Å². The van der Waals surface area contributed by atoms with E-state index in [9.17, 15) is 4.79 Å². The molecule has 0 aliphatic carbocycles. The van der Waals surface area contributed by atoms with Gasteiger partial charge < -0.3 is 15.2 Å². The van der Waals surface area contributed by atoms with Gasteiger partial charge in [0, 0.05) is 36.2 Å². The van der Waals surface area contributed by atoms with Crippen LogP contribution in [0.1, 0.15) is 45.7 Å². The predicted octanol–water partition coefficient (Wildman–Crippen LogP) is 4.02. The molecule has 0 atom stereocenters. The second-order valence-electron chi connectivity index (χ2n) is 7.58. The van der Waals surface area contributed by atoms with E-state index in [1.165, 1.54) is 18.4 Å². The van der Waals surface area contributed by atoms with Crippen LogP contribution in [0.5, 0.6) is 0 Å². The fraction of sp³-hybridized carbons (Fsp3) is 0.364. The highest BCUT2D eigenvalue weighted by Crippen LogP contribution is 2.22. The lowest BCUT2D eigenvalue weighted by atomic mass is 10.1. The van der Waals surface area contributed by atoms with Gasteiger partial charge in [-0.15, -0.1) is 0 Å². The van der Waals surface area contributed by atoms with Gasteiger partial charge in [-0.2, -0.15) is 0 Å². The van der Waals surface area contributed by atoms with Crippen molar-refractivity contribution in [3.05, 3.63) is 58.4 Å². The maximum absolute atomic E-state index is 12.6. The average molecular weight is 362 g/mol. The van der Waals surface area contributed by atoms with Crippen LogP contribution in [0.2, 0.25) is 0 Å². The highest BCUT2D eigenvalue weighted by molar-refractivity contribution is 5.98. The molecule has 3 aromatic rings. The third kappa shape index (κ3) is 3.68. The zero-order valence-corrected chi connectivity index (χ0v) is 16.2. The molecular weight excluding hydrogens is 336 g/mol. The number of benzene rings is 1. The van der Waals surface area contributed by atoms with Crippen LogP contribution in [0, 0.1) is 20.8 Å². The molecule has 1 amide bonds. The molecule has 27 heavy (non-hydrogen) atoms. The first-order valence-corrected chi connectivity index (χ1v) is 9.60. The lowest BCUT2D eigenvalue weighted by Gasteiger charge is -2.18. The third-order valence-electron chi connectivity index (χ3n) is 5.20. The summed E-state index contributed by atoms with van der Waals surface area (Å²) in [7, 11) is 0. The Bertz CT molecular complexity index is 999. The minimum atomic E-state index is -0.0829. The number of aromatic nitrogens is 2. The average Bonchev–Trinajstić information content (AvgIpc) is 3.29. The molecule has 1 aliphatic rings. The molecule has 2 N–H and O–H groups in total.